The van der Waals surface area contributed by atoms with Crippen LogP contribution in [-0.2, 0) is 6.54 Å². The molecule has 0 bridgehead atoms. The molecule has 0 atom stereocenters. The molecule has 0 unspecified atom stereocenters. The molecule has 0 heterocycles. The van der Waals surface area contributed by atoms with Crippen LogP contribution in [0.25, 0.3) is 0 Å². The van der Waals surface area contributed by atoms with Gasteiger partial charge in [0, 0.05) is 18.3 Å². The minimum absolute atomic E-state index is 0.247. The predicted octanol–water partition coefficient (Wildman–Crippen LogP) is 3.79. The molecule has 0 spiro atoms. The van der Waals surface area contributed by atoms with Gasteiger partial charge in [0.25, 0.3) is 0 Å². The van der Waals surface area contributed by atoms with Gasteiger partial charge >= 0.3 is 5.69 Å². The summed E-state index contributed by atoms with van der Waals surface area (Å²) in [4.78, 5) is 9.71. The van der Waals surface area contributed by atoms with Crippen molar-refractivity contribution < 1.29 is 13.7 Å². The molecule has 2 aromatic rings. The highest BCUT2D eigenvalue weighted by Gasteiger charge is 2.13. The quantitative estimate of drug-likeness (QED) is 0.683. The van der Waals surface area contributed by atoms with Crippen molar-refractivity contribution in [2.75, 3.05) is 5.32 Å². The number of hydrogen-bond acceptors (Lipinski definition) is 3. The Morgan fingerprint density at radius 2 is 1.90 bits per heavy atom. The summed E-state index contributed by atoms with van der Waals surface area (Å²) in [5, 5.41) is 13.4. The van der Waals surface area contributed by atoms with Gasteiger partial charge in [0.05, 0.1) is 4.92 Å². The first-order valence-electron chi connectivity index (χ1n) is 5.90. The van der Waals surface area contributed by atoms with Crippen molar-refractivity contribution in [2.45, 2.75) is 13.5 Å². The van der Waals surface area contributed by atoms with Crippen LogP contribution in [0.5, 0.6) is 0 Å². The first-order chi connectivity index (χ1) is 9.47. The van der Waals surface area contributed by atoms with E-state index in [9.17, 15) is 18.9 Å². The molecule has 0 aliphatic heterocycles. The minimum atomic E-state index is -0.885. The van der Waals surface area contributed by atoms with Gasteiger partial charge in [-0.15, -0.1) is 0 Å². The van der Waals surface area contributed by atoms with Gasteiger partial charge in [0.2, 0.25) is 5.82 Å². The lowest BCUT2D eigenvalue weighted by molar-refractivity contribution is -0.387. The Hall–Kier alpha value is -2.50. The van der Waals surface area contributed by atoms with Crippen LogP contribution >= 0.6 is 0 Å². The van der Waals surface area contributed by atoms with E-state index in [1.165, 1.54) is 12.1 Å². The first-order valence-corrected chi connectivity index (χ1v) is 5.90. The fraction of sp³-hybridized carbons (Fsp3) is 0.143. The lowest BCUT2D eigenvalue weighted by atomic mass is 10.1. The summed E-state index contributed by atoms with van der Waals surface area (Å²) >= 11 is 0. The molecule has 0 aliphatic carbocycles. The van der Waals surface area contributed by atoms with Gasteiger partial charge in [-0.05, 0) is 36.2 Å². The summed E-state index contributed by atoms with van der Waals surface area (Å²) < 4.78 is 26.8. The maximum Gasteiger partial charge on any atom is 0.304 e. The molecule has 0 radical (unpaired) electrons. The van der Waals surface area contributed by atoms with Crippen molar-refractivity contribution >= 4 is 11.4 Å². The van der Waals surface area contributed by atoms with Crippen molar-refractivity contribution in [1.29, 1.82) is 0 Å². The Balaban J connectivity index is 2.09. The lowest BCUT2D eigenvalue weighted by Crippen LogP contribution is -2.01. The van der Waals surface area contributed by atoms with E-state index in [1.54, 1.807) is 19.1 Å². The highest BCUT2D eigenvalue weighted by atomic mass is 19.1. The summed E-state index contributed by atoms with van der Waals surface area (Å²) in [5.41, 5.74) is 1.08. The summed E-state index contributed by atoms with van der Waals surface area (Å²) in [5.74, 6) is -1.21. The number of hydrogen-bond donors (Lipinski definition) is 1. The average molecular weight is 278 g/mol. The smallest absolute Gasteiger partial charge is 0.304 e. The Bertz CT molecular complexity index is 660. The number of aryl methyl sites for hydroxylation is 1. The van der Waals surface area contributed by atoms with Crippen LogP contribution in [0.1, 0.15) is 11.1 Å². The highest BCUT2D eigenvalue weighted by Crippen LogP contribution is 2.19. The summed E-state index contributed by atoms with van der Waals surface area (Å²) in [6.07, 6.45) is 0. The number of nitro groups is 1. The third-order valence-electron chi connectivity index (χ3n) is 2.88. The minimum Gasteiger partial charge on any atom is -0.381 e. The van der Waals surface area contributed by atoms with E-state index in [0.717, 1.165) is 12.1 Å². The van der Waals surface area contributed by atoms with Crippen molar-refractivity contribution in [3.05, 3.63) is 69.3 Å². The maximum atomic E-state index is 13.4. The molecule has 4 nitrogen and oxygen atoms in total. The number of rotatable bonds is 4. The molecule has 0 aromatic heterocycles. The third kappa shape index (κ3) is 3.09. The van der Waals surface area contributed by atoms with Gasteiger partial charge in [0.15, 0.2) is 0 Å². The van der Waals surface area contributed by atoms with Crippen LogP contribution in [-0.4, -0.2) is 4.92 Å². The van der Waals surface area contributed by atoms with E-state index in [4.69, 9.17) is 0 Å². The topological polar surface area (TPSA) is 55.2 Å². The molecular formula is C14H12F2N2O2. The molecule has 1 N–H and O–H groups in total. The van der Waals surface area contributed by atoms with Gasteiger partial charge in [-0.3, -0.25) is 10.1 Å². The Morgan fingerprint density at radius 3 is 2.50 bits per heavy atom. The van der Waals surface area contributed by atoms with Crippen molar-refractivity contribution in [2.24, 2.45) is 0 Å². The van der Waals surface area contributed by atoms with Crippen molar-refractivity contribution in [3.8, 4) is 0 Å². The second-order valence-electron chi connectivity index (χ2n) is 4.36. The molecule has 0 fully saturated rings. The van der Waals surface area contributed by atoms with E-state index in [0.29, 0.717) is 16.8 Å². The van der Waals surface area contributed by atoms with Crippen LogP contribution in [0.4, 0.5) is 20.2 Å². The molecule has 20 heavy (non-hydrogen) atoms. The maximum absolute atomic E-state index is 13.4. The fourth-order valence-corrected chi connectivity index (χ4v) is 1.72. The largest absolute Gasteiger partial charge is 0.381 e. The molecular weight excluding hydrogens is 266 g/mol. The average Bonchev–Trinajstić information content (AvgIpc) is 2.40. The van der Waals surface area contributed by atoms with Crippen LogP contribution in [0.3, 0.4) is 0 Å². The Morgan fingerprint density at radius 1 is 1.15 bits per heavy atom. The number of anilines is 1. The number of nitrogens with one attached hydrogen (secondary N) is 1. The molecule has 0 aliphatic rings. The van der Waals surface area contributed by atoms with Crippen LogP contribution in [0, 0.1) is 28.7 Å². The van der Waals surface area contributed by atoms with Gasteiger partial charge in [-0.2, -0.15) is 4.39 Å². The zero-order chi connectivity index (χ0) is 14.7. The standard InChI is InChI=1S/C14H12F2N2O2/c1-9-2-4-11(7-12(9)15)17-8-10-3-5-14(18(19)20)13(16)6-10/h2-7,17H,8H2,1H3. The molecule has 0 amide bonds. The Kier molecular flexibility index (Phi) is 3.93. The Labute approximate surface area is 114 Å². The van der Waals surface area contributed by atoms with Crippen molar-refractivity contribution in [1.82, 2.24) is 0 Å². The molecule has 2 aromatic carbocycles. The fourth-order valence-electron chi connectivity index (χ4n) is 1.72. The monoisotopic (exact) mass is 278 g/mol. The molecule has 0 saturated carbocycles. The van der Waals surface area contributed by atoms with Gasteiger partial charge in [-0.1, -0.05) is 12.1 Å². The summed E-state index contributed by atoms with van der Waals surface area (Å²) in [6, 6.07) is 8.35. The van der Waals surface area contributed by atoms with Crippen molar-refractivity contribution in [3.63, 3.8) is 0 Å². The predicted molar refractivity (Wildman–Crippen MR) is 71.5 cm³/mol. The van der Waals surface area contributed by atoms with Crippen LogP contribution in [0.2, 0.25) is 0 Å². The van der Waals surface area contributed by atoms with Gasteiger partial charge in [0.1, 0.15) is 5.82 Å². The number of nitrogens with zero attached hydrogens (tertiary/aromatic N) is 1. The second kappa shape index (κ2) is 5.64. The number of nitro benzene ring substituents is 1. The zero-order valence-corrected chi connectivity index (χ0v) is 10.7. The SMILES string of the molecule is Cc1ccc(NCc2ccc([N+](=O)[O-])c(F)c2)cc1F. The molecule has 2 rings (SSSR count). The third-order valence-corrected chi connectivity index (χ3v) is 2.88. The van der Waals surface area contributed by atoms with E-state index in [2.05, 4.69) is 5.32 Å². The van der Waals surface area contributed by atoms with E-state index < -0.39 is 16.4 Å². The zero-order valence-electron chi connectivity index (χ0n) is 10.7. The summed E-state index contributed by atoms with van der Waals surface area (Å²) in [6.45, 7) is 1.90. The summed E-state index contributed by atoms with van der Waals surface area (Å²) in [7, 11) is 0. The van der Waals surface area contributed by atoms with Crippen LogP contribution < -0.4 is 5.32 Å². The van der Waals surface area contributed by atoms with E-state index in [1.807, 2.05) is 0 Å². The van der Waals surface area contributed by atoms with E-state index >= 15 is 0 Å². The highest BCUT2D eigenvalue weighted by molar-refractivity contribution is 5.46. The molecule has 6 heteroatoms. The van der Waals surface area contributed by atoms with Gasteiger partial charge in [-0.25, -0.2) is 4.39 Å². The second-order valence-corrected chi connectivity index (χ2v) is 4.36. The lowest BCUT2D eigenvalue weighted by Gasteiger charge is -2.07. The van der Waals surface area contributed by atoms with E-state index in [-0.39, 0.29) is 12.4 Å². The first kappa shape index (κ1) is 13.9. The molecule has 0 saturated heterocycles. The number of benzene rings is 2. The normalized spacial score (nSPS) is 10.3. The van der Waals surface area contributed by atoms with Gasteiger partial charge < -0.3 is 5.32 Å². The molecule has 104 valence electrons. The number of halogens is 2. The van der Waals surface area contributed by atoms with Crippen LogP contribution in [0.15, 0.2) is 36.4 Å².